The number of amides is 2. The molecule has 0 radical (unpaired) electrons. The second-order valence-corrected chi connectivity index (χ2v) is 4.28. The fourth-order valence-corrected chi connectivity index (χ4v) is 2.09. The number of hydrogen-bond acceptors (Lipinski definition) is 2. The van der Waals surface area contributed by atoms with Gasteiger partial charge in [-0.1, -0.05) is 0 Å². The zero-order valence-corrected chi connectivity index (χ0v) is 10.1. The maximum absolute atomic E-state index is 11.4. The van der Waals surface area contributed by atoms with E-state index in [1.165, 1.54) is 0 Å². The molecular weight excluding hydrogens is 260 g/mol. The van der Waals surface area contributed by atoms with Crippen molar-refractivity contribution in [1.29, 1.82) is 0 Å². The van der Waals surface area contributed by atoms with Crippen molar-refractivity contribution in [2.24, 2.45) is 0 Å². The number of nitrogens with one attached hydrogen (secondary N) is 1. The van der Waals surface area contributed by atoms with E-state index >= 15 is 0 Å². The summed E-state index contributed by atoms with van der Waals surface area (Å²) in [6.45, 7) is 0.615. The lowest BCUT2D eigenvalue weighted by molar-refractivity contribution is 0.218. The Morgan fingerprint density at radius 1 is 1.53 bits per heavy atom. The van der Waals surface area contributed by atoms with Gasteiger partial charge in [0, 0.05) is 19.7 Å². The molecule has 1 aliphatic heterocycles. The average Bonchev–Trinajstić information content (AvgIpc) is 2.20. The fourth-order valence-electron chi connectivity index (χ4n) is 1.54. The lowest BCUT2D eigenvalue weighted by Gasteiger charge is -2.26. The normalized spacial score (nSPS) is 14.6. The highest BCUT2D eigenvalue weighted by atomic mass is 79.9. The highest BCUT2D eigenvalue weighted by molar-refractivity contribution is 9.10. The van der Waals surface area contributed by atoms with Gasteiger partial charge in [0.1, 0.15) is 5.75 Å². The third-order valence-electron chi connectivity index (χ3n) is 2.37. The van der Waals surface area contributed by atoms with Crippen LogP contribution in [0.25, 0.3) is 0 Å². The Balaban J connectivity index is 2.45. The van der Waals surface area contributed by atoms with Crippen LogP contribution < -0.4 is 10.1 Å². The van der Waals surface area contributed by atoms with Crippen molar-refractivity contribution in [3.05, 3.63) is 22.2 Å². The maximum Gasteiger partial charge on any atom is 0.321 e. The van der Waals surface area contributed by atoms with Gasteiger partial charge in [0.2, 0.25) is 0 Å². The number of nitrogens with zero attached hydrogens (tertiary/aromatic N) is 1. The average molecular weight is 271 g/mol. The molecule has 1 aromatic carbocycles. The van der Waals surface area contributed by atoms with Crippen LogP contribution in [0.4, 0.5) is 10.5 Å². The molecule has 1 aromatic rings. The monoisotopic (exact) mass is 270 g/mol. The number of urea groups is 1. The highest BCUT2D eigenvalue weighted by Gasteiger charge is 2.20. The second kappa shape index (κ2) is 3.73. The predicted octanol–water partition coefficient (Wildman–Crippen LogP) is 2.43. The van der Waals surface area contributed by atoms with E-state index in [4.69, 9.17) is 4.74 Å². The molecule has 0 fully saturated rings. The van der Waals surface area contributed by atoms with Crippen LogP contribution in [0.5, 0.6) is 5.75 Å². The van der Waals surface area contributed by atoms with E-state index in [9.17, 15) is 4.79 Å². The van der Waals surface area contributed by atoms with E-state index in [1.807, 2.05) is 12.1 Å². The minimum Gasteiger partial charge on any atom is -0.495 e. The third-order valence-corrected chi connectivity index (χ3v) is 2.99. The number of hydrogen-bond donors (Lipinski definition) is 1. The number of halogens is 1. The van der Waals surface area contributed by atoms with E-state index in [2.05, 4.69) is 21.2 Å². The van der Waals surface area contributed by atoms with Gasteiger partial charge in [-0.05, 0) is 27.6 Å². The summed E-state index contributed by atoms with van der Waals surface area (Å²) < 4.78 is 6.06. The van der Waals surface area contributed by atoms with Crippen LogP contribution in [-0.2, 0) is 6.54 Å². The third kappa shape index (κ3) is 1.79. The number of fused-ring (bicyclic) bond motifs is 1. The second-order valence-electron chi connectivity index (χ2n) is 3.43. The summed E-state index contributed by atoms with van der Waals surface area (Å²) in [5, 5.41) is 2.80. The Bertz CT molecular complexity index is 420. The molecule has 0 spiro atoms. The van der Waals surface area contributed by atoms with Gasteiger partial charge >= 0.3 is 6.03 Å². The van der Waals surface area contributed by atoms with Gasteiger partial charge in [0.15, 0.2) is 0 Å². The number of carbonyl (C=O) groups excluding carboxylic acids is 1. The summed E-state index contributed by atoms with van der Waals surface area (Å²) in [5.41, 5.74) is 1.89. The lowest BCUT2D eigenvalue weighted by Crippen LogP contribution is -2.35. The number of rotatable bonds is 1. The molecule has 15 heavy (non-hydrogen) atoms. The van der Waals surface area contributed by atoms with E-state index in [0.29, 0.717) is 6.54 Å². The molecule has 0 unspecified atom stereocenters. The van der Waals surface area contributed by atoms with Crippen LogP contribution >= 0.6 is 15.9 Å². The molecule has 1 aliphatic rings. The van der Waals surface area contributed by atoms with Crippen molar-refractivity contribution in [3.8, 4) is 5.75 Å². The van der Waals surface area contributed by atoms with E-state index < -0.39 is 0 Å². The van der Waals surface area contributed by atoms with Crippen LogP contribution in [0.3, 0.4) is 0 Å². The van der Waals surface area contributed by atoms with Crippen molar-refractivity contribution in [3.63, 3.8) is 0 Å². The molecule has 0 bridgehead atoms. The molecule has 0 atom stereocenters. The van der Waals surface area contributed by atoms with Crippen LogP contribution in [0, 0.1) is 0 Å². The Morgan fingerprint density at radius 2 is 2.27 bits per heavy atom. The van der Waals surface area contributed by atoms with Crippen LogP contribution in [-0.4, -0.2) is 25.1 Å². The Labute approximate surface area is 96.3 Å². The number of benzene rings is 1. The quantitative estimate of drug-likeness (QED) is 0.852. The van der Waals surface area contributed by atoms with Gasteiger partial charge < -0.3 is 15.0 Å². The van der Waals surface area contributed by atoms with Crippen LogP contribution in [0.15, 0.2) is 16.6 Å². The fraction of sp³-hybridized carbons (Fsp3) is 0.300. The number of ether oxygens (including phenoxy) is 1. The number of anilines is 1. The first-order valence-electron chi connectivity index (χ1n) is 4.50. The van der Waals surface area contributed by atoms with Gasteiger partial charge in [0.05, 0.1) is 17.3 Å². The van der Waals surface area contributed by atoms with Crippen molar-refractivity contribution >= 4 is 27.6 Å². The molecule has 0 saturated heterocycles. The summed E-state index contributed by atoms with van der Waals surface area (Å²) in [6, 6.07) is 3.70. The lowest BCUT2D eigenvalue weighted by atomic mass is 10.1. The van der Waals surface area contributed by atoms with Crippen LogP contribution in [0.1, 0.15) is 5.56 Å². The molecular formula is C10H11BrN2O2. The molecule has 0 aromatic heterocycles. The highest BCUT2D eigenvalue weighted by Crippen LogP contribution is 2.33. The standard InChI is InChI=1S/C10H11BrN2O2/c1-13-5-6-3-7(11)9(15-2)4-8(6)12-10(13)14/h3-4H,5H2,1-2H3,(H,12,14). The van der Waals surface area contributed by atoms with Crippen molar-refractivity contribution in [2.75, 3.05) is 19.5 Å². The predicted molar refractivity (Wildman–Crippen MR) is 61.2 cm³/mol. The SMILES string of the molecule is COc1cc2c(cc1Br)CN(C)C(=O)N2. The first-order valence-corrected chi connectivity index (χ1v) is 5.29. The van der Waals surface area contributed by atoms with Gasteiger partial charge in [-0.15, -0.1) is 0 Å². The summed E-state index contributed by atoms with van der Waals surface area (Å²) in [4.78, 5) is 13.0. The molecule has 0 saturated carbocycles. The van der Waals surface area contributed by atoms with Gasteiger partial charge in [-0.3, -0.25) is 0 Å². The molecule has 1 heterocycles. The molecule has 80 valence electrons. The molecule has 2 rings (SSSR count). The minimum absolute atomic E-state index is 0.0909. The van der Waals surface area contributed by atoms with Gasteiger partial charge in [0.25, 0.3) is 0 Å². The molecule has 1 N–H and O–H groups in total. The van der Waals surface area contributed by atoms with E-state index in [-0.39, 0.29) is 6.03 Å². The maximum atomic E-state index is 11.4. The zero-order chi connectivity index (χ0) is 11.0. The summed E-state index contributed by atoms with van der Waals surface area (Å²) in [5.74, 6) is 0.721. The van der Waals surface area contributed by atoms with Crippen molar-refractivity contribution < 1.29 is 9.53 Å². The summed E-state index contributed by atoms with van der Waals surface area (Å²) in [6.07, 6.45) is 0. The van der Waals surface area contributed by atoms with Crippen molar-refractivity contribution in [1.82, 2.24) is 4.90 Å². The van der Waals surface area contributed by atoms with Crippen molar-refractivity contribution in [2.45, 2.75) is 6.54 Å². The Hall–Kier alpha value is -1.23. The molecule has 0 aliphatic carbocycles. The smallest absolute Gasteiger partial charge is 0.321 e. The first-order chi connectivity index (χ1) is 7.11. The molecule has 5 heteroatoms. The van der Waals surface area contributed by atoms with Crippen LogP contribution in [0.2, 0.25) is 0 Å². The number of methoxy groups -OCH3 is 1. The van der Waals surface area contributed by atoms with Gasteiger partial charge in [-0.2, -0.15) is 0 Å². The zero-order valence-electron chi connectivity index (χ0n) is 8.50. The summed E-state index contributed by atoms with van der Waals surface area (Å²) >= 11 is 3.41. The Kier molecular flexibility index (Phi) is 2.56. The Morgan fingerprint density at radius 3 is 2.93 bits per heavy atom. The number of carbonyl (C=O) groups is 1. The topological polar surface area (TPSA) is 41.6 Å². The molecule has 2 amide bonds. The molecule has 4 nitrogen and oxygen atoms in total. The van der Waals surface area contributed by atoms with E-state index in [1.54, 1.807) is 19.1 Å². The van der Waals surface area contributed by atoms with Gasteiger partial charge in [-0.25, -0.2) is 4.79 Å². The minimum atomic E-state index is -0.0909. The first kappa shape index (κ1) is 10.3. The summed E-state index contributed by atoms with van der Waals surface area (Å²) in [7, 11) is 3.36. The van der Waals surface area contributed by atoms with E-state index in [0.717, 1.165) is 21.5 Å². The largest absolute Gasteiger partial charge is 0.495 e.